The van der Waals surface area contributed by atoms with Crippen molar-refractivity contribution in [3.05, 3.63) is 36.2 Å². The molecule has 0 aliphatic heterocycles. The Bertz CT molecular complexity index is 707. The van der Waals surface area contributed by atoms with Crippen molar-refractivity contribution < 1.29 is 8.42 Å². The summed E-state index contributed by atoms with van der Waals surface area (Å²) in [6.07, 6.45) is 5.76. The first-order valence-corrected chi connectivity index (χ1v) is 8.06. The number of benzene rings is 1. The molecule has 0 amide bonds. The van der Waals surface area contributed by atoms with Gasteiger partial charge in [0.15, 0.2) is 9.84 Å². The fourth-order valence-electron chi connectivity index (χ4n) is 1.87. The molecule has 0 saturated carbocycles. The van der Waals surface area contributed by atoms with Crippen molar-refractivity contribution >= 4 is 21.2 Å². The van der Waals surface area contributed by atoms with E-state index in [1.807, 2.05) is 19.4 Å². The molecule has 0 unspecified atom stereocenters. The van der Waals surface area contributed by atoms with Crippen molar-refractivity contribution in [2.24, 2.45) is 7.05 Å². The largest absolute Gasteiger partial charge is 0.397 e. The number of nitrogens with zero attached hydrogens (tertiary/aromatic N) is 2. The average molecular weight is 294 g/mol. The van der Waals surface area contributed by atoms with Gasteiger partial charge in [-0.25, -0.2) is 8.42 Å². The topological polar surface area (TPSA) is 90.0 Å². The van der Waals surface area contributed by atoms with Crippen LogP contribution in [-0.4, -0.2) is 31.0 Å². The molecule has 3 N–H and O–H groups in total. The standard InChI is InChI=1S/C13H18N4O2S/c1-17-9-10(8-16-17)5-6-15-13-4-3-11(7-12(13)14)20(2,18)19/h3-4,7-9,15H,5-6,14H2,1-2H3. The van der Waals surface area contributed by atoms with Gasteiger partial charge in [-0.05, 0) is 30.2 Å². The van der Waals surface area contributed by atoms with E-state index in [0.717, 1.165) is 23.9 Å². The predicted octanol–water partition coefficient (Wildman–Crippen LogP) is 1.06. The molecule has 0 aliphatic carbocycles. The highest BCUT2D eigenvalue weighted by atomic mass is 32.2. The van der Waals surface area contributed by atoms with Gasteiger partial charge in [-0.3, -0.25) is 4.68 Å². The van der Waals surface area contributed by atoms with E-state index in [1.165, 1.54) is 6.07 Å². The van der Waals surface area contributed by atoms with E-state index in [9.17, 15) is 8.42 Å². The number of aryl methyl sites for hydroxylation is 1. The minimum absolute atomic E-state index is 0.229. The third kappa shape index (κ3) is 3.51. The van der Waals surface area contributed by atoms with Crippen LogP contribution in [0.1, 0.15) is 5.56 Å². The van der Waals surface area contributed by atoms with Gasteiger partial charge < -0.3 is 11.1 Å². The Morgan fingerprint density at radius 3 is 2.70 bits per heavy atom. The van der Waals surface area contributed by atoms with Crippen LogP contribution in [0, 0.1) is 0 Å². The van der Waals surface area contributed by atoms with Gasteiger partial charge in [0.1, 0.15) is 0 Å². The molecule has 108 valence electrons. The van der Waals surface area contributed by atoms with E-state index in [-0.39, 0.29) is 4.90 Å². The van der Waals surface area contributed by atoms with Crippen LogP contribution >= 0.6 is 0 Å². The van der Waals surface area contributed by atoms with Gasteiger partial charge in [-0.2, -0.15) is 5.10 Å². The third-order valence-corrected chi connectivity index (χ3v) is 4.05. The number of aromatic nitrogens is 2. The molecule has 1 aromatic carbocycles. The van der Waals surface area contributed by atoms with Crippen molar-refractivity contribution in [3.8, 4) is 0 Å². The first-order chi connectivity index (χ1) is 9.36. The Morgan fingerprint density at radius 1 is 1.40 bits per heavy atom. The van der Waals surface area contributed by atoms with E-state index >= 15 is 0 Å². The second-order valence-corrected chi connectivity index (χ2v) is 6.74. The molecular formula is C13H18N4O2S. The van der Waals surface area contributed by atoms with Crippen molar-refractivity contribution in [1.82, 2.24) is 9.78 Å². The molecule has 0 spiro atoms. The van der Waals surface area contributed by atoms with Gasteiger partial charge in [-0.1, -0.05) is 0 Å². The van der Waals surface area contributed by atoms with Gasteiger partial charge >= 0.3 is 0 Å². The minimum atomic E-state index is -3.22. The van der Waals surface area contributed by atoms with Crippen LogP contribution in [0.2, 0.25) is 0 Å². The zero-order valence-electron chi connectivity index (χ0n) is 11.5. The molecular weight excluding hydrogens is 276 g/mol. The number of nitrogens with two attached hydrogens (primary N) is 1. The fraction of sp³-hybridized carbons (Fsp3) is 0.308. The average Bonchev–Trinajstić information content (AvgIpc) is 2.76. The third-order valence-electron chi connectivity index (χ3n) is 2.94. The number of nitrogen functional groups attached to an aromatic ring is 1. The van der Waals surface area contributed by atoms with E-state index in [0.29, 0.717) is 12.2 Å². The summed E-state index contributed by atoms with van der Waals surface area (Å²) < 4.78 is 24.6. The molecule has 1 heterocycles. The maximum atomic E-state index is 11.4. The summed E-state index contributed by atoms with van der Waals surface area (Å²) in [7, 11) is -1.35. The monoisotopic (exact) mass is 294 g/mol. The molecule has 0 atom stereocenters. The Balaban J connectivity index is 2.00. The van der Waals surface area contributed by atoms with Gasteiger partial charge in [0.2, 0.25) is 0 Å². The summed E-state index contributed by atoms with van der Waals surface area (Å²) in [5, 5.41) is 7.29. The second kappa shape index (κ2) is 5.54. The lowest BCUT2D eigenvalue weighted by atomic mass is 10.2. The molecule has 0 bridgehead atoms. The molecule has 2 rings (SSSR count). The molecule has 2 aromatic rings. The van der Waals surface area contributed by atoms with E-state index < -0.39 is 9.84 Å². The van der Waals surface area contributed by atoms with Crippen LogP contribution in [0.3, 0.4) is 0 Å². The van der Waals surface area contributed by atoms with Crippen molar-refractivity contribution in [1.29, 1.82) is 0 Å². The first kappa shape index (κ1) is 14.4. The summed E-state index contributed by atoms with van der Waals surface area (Å²) in [5.41, 5.74) is 8.16. The normalized spacial score (nSPS) is 11.5. The summed E-state index contributed by atoms with van der Waals surface area (Å²) >= 11 is 0. The number of sulfone groups is 1. The molecule has 20 heavy (non-hydrogen) atoms. The summed E-state index contributed by atoms with van der Waals surface area (Å²) in [6, 6.07) is 4.72. The number of hydrogen-bond donors (Lipinski definition) is 2. The number of nitrogens with one attached hydrogen (secondary N) is 1. The Morgan fingerprint density at radius 2 is 2.15 bits per heavy atom. The van der Waals surface area contributed by atoms with Gasteiger partial charge in [-0.15, -0.1) is 0 Å². The SMILES string of the molecule is Cn1cc(CCNc2ccc(S(C)(=O)=O)cc2N)cn1. The zero-order chi connectivity index (χ0) is 14.8. The first-order valence-electron chi connectivity index (χ1n) is 6.17. The predicted molar refractivity (Wildman–Crippen MR) is 79.4 cm³/mol. The lowest BCUT2D eigenvalue weighted by molar-refractivity contribution is 0.602. The lowest BCUT2D eigenvalue weighted by Crippen LogP contribution is -2.07. The molecule has 0 aliphatic rings. The van der Waals surface area contributed by atoms with Crippen LogP contribution in [0.5, 0.6) is 0 Å². The van der Waals surface area contributed by atoms with Gasteiger partial charge in [0, 0.05) is 26.0 Å². The highest BCUT2D eigenvalue weighted by Gasteiger charge is 2.09. The van der Waals surface area contributed by atoms with E-state index in [2.05, 4.69) is 10.4 Å². The zero-order valence-corrected chi connectivity index (χ0v) is 12.3. The summed E-state index contributed by atoms with van der Waals surface area (Å²) in [5.74, 6) is 0. The van der Waals surface area contributed by atoms with Gasteiger partial charge in [0.25, 0.3) is 0 Å². The van der Waals surface area contributed by atoms with Crippen LogP contribution < -0.4 is 11.1 Å². The van der Waals surface area contributed by atoms with Crippen molar-refractivity contribution in [2.75, 3.05) is 23.9 Å². The molecule has 0 saturated heterocycles. The fourth-order valence-corrected chi connectivity index (χ4v) is 2.53. The summed E-state index contributed by atoms with van der Waals surface area (Å²) in [4.78, 5) is 0.229. The van der Waals surface area contributed by atoms with Crippen molar-refractivity contribution in [2.45, 2.75) is 11.3 Å². The van der Waals surface area contributed by atoms with Crippen molar-refractivity contribution in [3.63, 3.8) is 0 Å². The number of hydrogen-bond acceptors (Lipinski definition) is 5. The lowest BCUT2D eigenvalue weighted by Gasteiger charge is -2.10. The quantitative estimate of drug-likeness (QED) is 0.805. The smallest absolute Gasteiger partial charge is 0.175 e. The van der Waals surface area contributed by atoms with Crippen LogP contribution in [0.25, 0.3) is 0 Å². The molecule has 7 heteroatoms. The Kier molecular flexibility index (Phi) is 3.99. The van der Waals surface area contributed by atoms with Crippen LogP contribution in [-0.2, 0) is 23.3 Å². The maximum Gasteiger partial charge on any atom is 0.175 e. The highest BCUT2D eigenvalue weighted by molar-refractivity contribution is 7.90. The minimum Gasteiger partial charge on any atom is -0.397 e. The van der Waals surface area contributed by atoms with Crippen LogP contribution in [0.4, 0.5) is 11.4 Å². The molecule has 0 radical (unpaired) electrons. The molecule has 1 aromatic heterocycles. The molecule has 0 fully saturated rings. The van der Waals surface area contributed by atoms with Crippen LogP contribution in [0.15, 0.2) is 35.5 Å². The second-order valence-electron chi connectivity index (χ2n) is 4.72. The van der Waals surface area contributed by atoms with Gasteiger partial charge in [0.05, 0.1) is 22.5 Å². The summed E-state index contributed by atoms with van der Waals surface area (Å²) in [6.45, 7) is 0.702. The highest BCUT2D eigenvalue weighted by Crippen LogP contribution is 2.22. The Labute approximate surface area is 118 Å². The maximum absolute atomic E-state index is 11.4. The Hall–Kier alpha value is -2.02. The van der Waals surface area contributed by atoms with E-state index in [1.54, 1.807) is 16.8 Å². The van der Waals surface area contributed by atoms with E-state index in [4.69, 9.17) is 5.73 Å². The number of rotatable bonds is 5. The number of anilines is 2. The molecule has 6 nitrogen and oxygen atoms in total.